The van der Waals surface area contributed by atoms with Gasteiger partial charge in [0.05, 0.1) is 23.9 Å². The summed E-state index contributed by atoms with van der Waals surface area (Å²) in [7, 11) is 1.67. The van der Waals surface area contributed by atoms with Crippen molar-refractivity contribution in [2.45, 2.75) is 13.0 Å². The maximum absolute atomic E-state index is 9.14. The van der Waals surface area contributed by atoms with Crippen molar-refractivity contribution in [2.24, 2.45) is 0 Å². The molecule has 0 bridgehead atoms. The minimum Gasteiger partial charge on any atom is -0.495 e. The smallest absolute Gasteiger partial charge is 0.227 e. The van der Waals surface area contributed by atoms with Crippen LogP contribution in [0.3, 0.4) is 0 Å². The number of aromatic nitrogens is 3. The molecule has 0 atom stereocenters. The minimum atomic E-state index is 0.496. The fourth-order valence-electron chi connectivity index (χ4n) is 3.82. The van der Waals surface area contributed by atoms with Crippen molar-refractivity contribution < 1.29 is 4.74 Å². The number of anilines is 2. The predicted octanol–water partition coefficient (Wildman–Crippen LogP) is 3.96. The number of nitrogens with zero attached hydrogens (tertiary/aromatic N) is 4. The highest BCUT2D eigenvalue weighted by molar-refractivity contribution is 5.84. The molecular formula is C24H20N6O. The number of methoxy groups -OCH3 is 1. The van der Waals surface area contributed by atoms with Gasteiger partial charge in [0.2, 0.25) is 5.95 Å². The van der Waals surface area contributed by atoms with E-state index >= 15 is 0 Å². The average Bonchev–Trinajstić information content (AvgIpc) is 2.83. The van der Waals surface area contributed by atoms with Crippen molar-refractivity contribution in [1.29, 1.82) is 5.26 Å². The van der Waals surface area contributed by atoms with Gasteiger partial charge in [0.15, 0.2) is 0 Å². The summed E-state index contributed by atoms with van der Waals surface area (Å²) >= 11 is 0. The van der Waals surface area contributed by atoms with E-state index in [9.17, 15) is 0 Å². The summed E-state index contributed by atoms with van der Waals surface area (Å²) in [6.45, 7) is 1.82. The Bertz CT molecular complexity index is 1330. The van der Waals surface area contributed by atoms with Crippen LogP contribution in [0.15, 0.2) is 55.0 Å². The van der Waals surface area contributed by atoms with Crippen LogP contribution in [0.1, 0.15) is 16.7 Å². The SMILES string of the molecule is COc1cc2c(cc1Nc1ncc3ccc(-c4cncc(C#N)c4)cc3n1)CNCC2. The van der Waals surface area contributed by atoms with Crippen LogP contribution in [-0.4, -0.2) is 28.6 Å². The fraction of sp³-hybridized carbons (Fsp3) is 0.167. The van der Waals surface area contributed by atoms with E-state index in [0.717, 1.165) is 53.0 Å². The molecule has 7 heteroatoms. The Morgan fingerprint density at radius 2 is 2.00 bits per heavy atom. The van der Waals surface area contributed by atoms with E-state index in [1.807, 2.05) is 24.3 Å². The van der Waals surface area contributed by atoms with Gasteiger partial charge in [-0.15, -0.1) is 0 Å². The number of rotatable bonds is 4. The average molecular weight is 408 g/mol. The summed E-state index contributed by atoms with van der Waals surface area (Å²) in [5.74, 6) is 1.27. The van der Waals surface area contributed by atoms with Crippen LogP contribution in [0.4, 0.5) is 11.6 Å². The Kier molecular flexibility index (Phi) is 4.90. The van der Waals surface area contributed by atoms with Crippen molar-refractivity contribution in [1.82, 2.24) is 20.3 Å². The Labute approximate surface area is 179 Å². The first kappa shape index (κ1) is 19.0. The van der Waals surface area contributed by atoms with Gasteiger partial charge >= 0.3 is 0 Å². The zero-order valence-corrected chi connectivity index (χ0v) is 17.0. The zero-order valence-electron chi connectivity index (χ0n) is 17.0. The Morgan fingerprint density at radius 1 is 1.06 bits per heavy atom. The van der Waals surface area contributed by atoms with Crippen LogP contribution in [0.5, 0.6) is 5.75 Å². The normalized spacial score (nSPS) is 12.8. The fourth-order valence-corrected chi connectivity index (χ4v) is 3.82. The van der Waals surface area contributed by atoms with Crippen molar-refractivity contribution in [3.05, 3.63) is 71.7 Å². The van der Waals surface area contributed by atoms with Gasteiger partial charge in [-0.25, -0.2) is 9.97 Å². The second-order valence-electron chi connectivity index (χ2n) is 7.41. The molecule has 0 radical (unpaired) electrons. The van der Waals surface area contributed by atoms with Gasteiger partial charge < -0.3 is 15.4 Å². The molecule has 1 aliphatic rings. The molecule has 2 aromatic heterocycles. The van der Waals surface area contributed by atoms with E-state index in [1.54, 1.807) is 25.7 Å². The second-order valence-corrected chi connectivity index (χ2v) is 7.41. The molecule has 0 aliphatic carbocycles. The summed E-state index contributed by atoms with van der Waals surface area (Å²) in [5.41, 5.74) is 6.54. The van der Waals surface area contributed by atoms with Gasteiger partial charge in [0, 0.05) is 36.1 Å². The lowest BCUT2D eigenvalue weighted by Gasteiger charge is -2.20. The lowest BCUT2D eigenvalue weighted by atomic mass is 10.00. The lowest BCUT2D eigenvalue weighted by molar-refractivity contribution is 0.415. The number of benzene rings is 2. The Balaban J connectivity index is 1.50. The first-order chi connectivity index (χ1) is 15.2. The molecule has 0 fully saturated rings. The molecule has 2 N–H and O–H groups in total. The van der Waals surface area contributed by atoms with E-state index in [2.05, 4.69) is 38.8 Å². The summed E-state index contributed by atoms with van der Waals surface area (Å²) in [5, 5.41) is 16.8. The summed E-state index contributed by atoms with van der Waals surface area (Å²) < 4.78 is 5.60. The van der Waals surface area contributed by atoms with Crippen molar-refractivity contribution in [3.63, 3.8) is 0 Å². The number of hydrogen-bond acceptors (Lipinski definition) is 7. The number of nitrogens with one attached hydrogen (secondary N) is 2. The minimum absolute atomic E-state index is 0.496. The first-order valence-corrected chi connectivity index (χ1v) is 10.0. The monoisotopic (exact) mass is 408 g/mol. The van der Waals surface area contributed by atoms with E-state index < -0.39 is 0 Å². The van der Waals surface area contributed by atoms with Crippen molar-refractivity contribution in [3.8, 4) is 22.9 Å². The van der Waals surface area contributed by atoms with Crippen LogP contribution in [0.25, 0.3) is 22.0 Å². The van der Waals surface area contributed by atoms with Crippen LogP contribution < -0.4 is 15.4 Å². The van der Waals surface area contributed by atoms with Gasteiger partial charge in [-0.2, -0.15) is 5.26 Å². The molecule has 7 nitrogen and oxygen atoms in total. The van der Waals surface area contributed by atoms with Crippen molar-refractivity contribution in [2.75, 3.05) is 19.0 Å². The van der Waals surface area contributed by atoms with Crippen LogP contribution in [-0.2, 0) is 13.0 Å². The lowest BCUT2D eigenvalue weighted by Crippen LogP contribution is -2.23. The maximum atomic E-state index is 9.14. The molecule has 5 rings (SSSR count). The zero-order chi connectivity index (χ0) is 21.2. The van der Waals surface area contributed by atoms with Crippen LogP contribution in [0, 0.1) is 11.3 Å². The Hall–Kier alpha value is -4.02. The van der Waals surface area contributed by atoms with Gasteiger partial charge in [-0.05, 0) is 53.9 Å². The first-order valence-electron chi connectivity index (χ1n) is 10.0. The third-order valence-electron chi connectivity index (χ3n) is 5.44. The third-order valence-corrected chi connectivity index (χ3v) is 5.44. The van der Waals surface area contributed by atoms with Gasteiger partial charge in [0.25, 0.3) is 0 Å². The highest BCUT2D eigenvalue weighted by Gasteiger charge is 2.15. The highest BCUT2D eigenvalue weighted by Crippen LogP contribution is 2.32. The Morgan fingerprint density at radius 3 is 2.87 bits per heavy atom. The number of fused-ring (bicyclic) bond motifs is 2. The molecule has 152 valence electrons. The largest absolute Gasteiger partial charge is 0.495 e. The molecule has 0 spiro atoms. The molecule has 0 unspecified atom stereocenters. The quantitative estimate of drug-likeness (QED) is 0.528. The van der Waals surface area contributed by atoms with Gasteiger partial charge in [-0.1, -0.05) is 12.1 Å². The van der Waals surface area contributed by atoms with E-state index in [4.69, 9.17) is 15.0 Å². The standard InChI is InChI=1S/C24H20N6O/c1-31-23-9-17-4-5-26-12-20(17)8-22(23)30-24-28-14-18-3-2-16(7-21(18)29-24)19-6-15(10-25)11-27-13-19/h2-3,6-9,11,13-14,26H,4-5,12H2,1H3,(H,28,29,30). The predicted molar refractivity (Wildman–Crippen MR) is 119 cm³/mol. The topological polar surface area (TPSA) is 95.8 Å². The van der Waals surface area contributed by atoms with Crippen LogP contribution in [0.2, 0.25) is 0 Å². The summed E-state index contributed by atoms with van der Waals surface area (Å²) in [6.07, 6.45) is 6.08. The van der Waals surface area contributed by atoms with Gasteiger partial charge in [-0.3, -0.25) is 4.98 Å². The van der Waals surface area contributed by atoms with Crippen molar-refractivity contribution >= 4 is 22.5 Å². The highest BCUT2D eigenvalue weighted by atomic mass is 16.5. The third kappa shape index (κ3) is 3.77. The van der Waals surface area contributed by atoms with Crippen LogP contribution >= 0.6 is 0 Å². The maximum Gasteiger partial charge on any atom is 0.227 e. The number of pyridine rings is 1. The molecular weight excluding hydrogens is 388 g/mol. The number of ether oxygens (including phenoxy) is 1. The number of hydrogen-bond donors (Lipinski definition) is 2. The van der Waals surface area contributed by atoms with E-state index in [0.29, 0.717) is 11.5 Å². The molecule has 1 aliphatic heterocycles. The molecule has 3 heterocycles. The molecule has 2 aromatic carbocycles. The molecule has 31 heavy (non-hydrogen) atoms. The molecule has 0 saturated carbocycles. The van der Waals surface area contributed by atoms with E-state index in [-0.39, 0.29) is 0 Å². The van der Waals surface area contributed by atoms with Gasteiger partial charge in [0.1, 0.15) is 11.8 Å². The second kappa shape index (κ2) is 8.01. The summed E-state index contributed by atoms with van der Waals surface area (Å²) in [4.78, 5) is 13.3. The molecule has 0 amide bonds. The molecule has 0 saturated heterocycles. The van der Waals surface area contributed by atoms with E-state index in [1.165, 1.54) is 11.1 Å². The summed E-state index contributed by atoms with van der Waals surface area (Å²) in [6, 6.07) is 14.1. The molecule has 4 aromatic rings. The number of nitriles is 1.